The number of unbranched alkanes of at least 4 members (excludes halogenated alkanes) is 6. The Bertz CT molecular complexity index is 128. The molecule has 14 heavy (non-hydrogen) atoms. The second-order valence-corrected chi connectivity index (χ2v) is 3.54. The van der Waals surface area contributed by atoms with Gasteiger partial charge in [0.05, 0.1) is 0 Å². The molecule has 0 atom stereocenters. The van der Waals surface area contributed by atoms with Crippen LogP contribution < -0.4 is 5.32 Å². The molecule has 2 nitrogen and oxygen atoms in total. The van der Waals surface area contributed by atoms with Gasteiger partial charge in [0, 0.05) is 13.5 Å². The summed E-state index contributed by atoms with van der Waals surface area (Å²) in [5, 5.41) is 2.64. The van der Waals surface area contributed by atoms with Crippen molar-refractivity contribution in [3.8, 4) is 0 Å². The van der Waals surface area contributed by atoms with Crippen molar-refractivity contribution in [2.75, 3.05) is 7.05 Å². The van der Waals surface area contributed by atoms with Crippen LogP contribution in [0.3, 0.4) is 0 Å². The van der Waals surface area contributed by atoms with Gasteiger partial charge in [0.1, 0.15) is 0 Å². The Balaban J connectivity index is 0. The first-order valence-electron chi connectivity index (χ1n) is 5.51. The molecule has 0 fully saturated rings. The maximum atomic E-state index is 10.8. The largest absolute Gasteiger partial charge is 0.359 e. The number of hydrogen-bond acceptors (Lipinski definition) is 1. The molecule has 0 aliphatic carbocycles. The van der Waals surface area contributed by atoms with E-state index in [0.717, 1.165) is 6.42 Å². The zero-order valence-electron chi connectivity index (χ0n) is 9.47. The van der Waals surface area contributed by atoms with Gasteiger partial charge in [-0.1, -0.05) is 45.4 Å². The van der Waals surface area contributed by atoms with Crippen molar-refractivity contribution in [1.82, 2.24) is 5.32 Å². The Hall–Kier alpha value is -0.240. The minimum atomic E-state index is 0. The Kier molecular flexibility index (Phi) is 14.8. The van der Waals surface area contributed by atoms with Crippen LogP contribution in [0.2, 0.25) is 0 Å². The van der Waals surface area contributed by atoms with Crippen LogP contribution in [-0.4, -0.2) is 13.0 Å². The molecule has 0 radical (unpaired) electrons. The summed E-state index contributed by atoms with van der Waals surface area (Å²) in [7, 11) is 1.70. The van der Waals surface area contributed by atoms with Crippen LogP contribution in [0.15, 0.2) is 0 Å². The quantitative estimate of drug-likeness (QED) is 0.627. The zero-order chi connectivity index (χ0) is 9.94. The number of halogens is 1. The molecule has 0 aromatic rings. The summed E-state index contributed by atoms with van der Waals surface area (Å²) in [6.07, 6.45) is 9.59. The van der Waals surface area contributed by atoms with E-state index in [1.54, 1.807) is 7.05 Å². The van der Waals surface area contributed by atoms with Crippen molar-refractivity contribution in [1.29, 1.82) is 0 Å². The fourth-order valence-corrected chi connectivity index (χ4v) is 1.37. The van der Waals surface area contributed by atoms with E-state index in [-0.39, 0.29) is 18.3 Å². The lowest BCUT2D eigenvalue weighted by Gasteiger charge is -2.00. The van der Waals surface area contributed by atoms with Crippen LogP contribution in [0.5, 0.6) is 0 Å². The smallest absolute Gasteiger partial charge is 0.219 e. The van der Waals surface area contributed by atoms with Gasteiger partial charge in [0.15, 0.2) is 0 Å². The number of nitrogens with one attached hydrogen (secondary N) is 1. The first-order chi connectivity index (χ1) is 6.31. The van der Waals surface area contributed by atoms with Gasteiger partial charge < -0.3 is 5.32 Å². The van der Waals surface area contributed by atoms with Gasteiger partial charge in [0.2, 0.25) is 5.91 Å². The maximum Gasteiger partial charge on any atom is 0.219 e. The first kappa shape index (κ1) is 16.2. The molecular formula is C11H24ClNO. The van der Waals surface area contributed by atoms with Crippen molar-refractivity contribution in [2.45, 2.75) is 58.3 Å². The van der Waals surface area contributed by atoms with Crippen molar-refractivity contribution < 1.29 is 4.79 Å². The molecule has 0 spiro atoms. The van der Waals surface area contributed by atoms with E-state index in [1.807, 2.05) is 0 Å². The molecule has 0 aliphatic heterocycles. The van der Waals surface area contributed by atoms with Gasteiger partial charge in [-0.15, -0.1) is 12.4 Å². The van der Waals surface area contributed by atoms with E-state index in [0.29, 0.717) is 6.42 Å². The van der Waals surface area contributed by atoms with E-state index in [9.17, 15) is 4.79 Å². The molecule has 3 heteroatoms. The molecule has 86 valence electrons. The predicted molar refractivity (Wildman–Crippen MR) is 63.9 cm³/mol. The maximum absolute atomic E-state index is 10.8. The molecule has 0 heterocycles. The number of hydrogen-bond donors (Lipinski definition) is 1. The Morgan fingerprint density at radius 1 is 1.00 bits per heavy atom. The van der Waals surface area contributed by atoms with Gasteiger partial charge >= 0.3 is 0 Å². The van der Waals surface area contributed by atoms with E-state index in [4.69, 9.17) is 0 Å². The van der Waals surface area contributed by atoms with Crippen LogP contribution in [0.25, 0.3) is 0 Å². The second kappa shape index (κ2) is 12.8. The van der Waals surface area contributed by atoms with Gasteiger partial charge in [-0.25, -0.2) is 0 Å². The fraction of sp³-hybridized carbons (Fsp3) is 0.909. The van der Waals surface area contributed by atoms with Gasteiger partial charge in [-0.05, 0) is 6.42 Å². The van der Waals surface area contributed by atoms with Crippen LogP contribution in [0.1, 0.15) is 58.3 Å². The van der Waals surface area contributed by atoms with Crippen molar-refractivity contribution in [2.24, 2.45) is 0 Å². The summed E-state index contributed by atoms with van der Waals surface area (Å²) in [6, 6.07) is 0. The van der Waals surface area contributed by atoms with Crippen molar-refractivity contribution in [3.05, 3.63) is 0 Å². The zero-order valence-corrected chi connectivity index (χ0v) is 10.3. The third kappa shape index (κ3) is 11.8. The lowest BCUT2D eigenvalue weighted by Crippen LogP contribution is -2.16. The molecule has 1 amide bonds. The Morgan fingerprint density at radius 2 is 1.50 bits per heavy atom. The number of amides is 1. The highest BCUT2D eigenvalue weighted by molar-refractivity contribution is 5.85. The number of carbonyl (C=O) groups is 1. The molecule has 0 saturated carbocycles. The van der Waals surface area contributed by atoms with Gasteiger partial charge in [-0.2, -0.15) is 0 Å². The summed E-state index contributed by atoms with van der Waals surface area (Å²) in [5.41, 5.74) is 0. The van der Waals surface area contributed by atoms with Crippen LogP contribution in [0.4, 0.5) is 0 Å². The van der Waals surface area contributed by atoms with E-state index >= 15 is 0 Å². The SMILES string of the molecule is CCCCCCCCCC(=O)NC.Cl. The lowest BCUT2D eigenvalue weighted by molar-refractivity contribution is -0.120. The predicted octanol–water partition coefficient (Wildman–Crippen LogP) is 3.29. The second-order valence-electron chi connectivity index (χ2n) is 3.54. The van der Waals surface area contributed by atoms with Gasteiger partial charge in [0.25, 0.3) is 0 Å². The molecule has 0 saturated heterocycles. The normalized spacial score (nSPS) is 9.29. The summed E-state index contributed by atoms with van der Waals surface area (Å²) in [6.45, 7) is 2.23. The molecule has 0 unspecified atom stereocenters. The molecule has 0 aromatic heterocycles. The molecule has 0 aromatic carbocycles. The molecule has 1 N–H and O–H groups in total. The first-order valence-corrected chi connectivity index (χ1v) is 5.51. The summed E-state index contributed by atoms with van der Waals surface area (Å²) >= 11 is 0. The Labute approximate surface area is 94.3 Å². The molecular weight excluding hydrogens is 198 g/mol. The molecule has 0 bridgehead atoms. The van der Waals surface area contributed by atoms with Gasteiger partial charge in [-0.3, -0.25) is 4.79 Å². The van der Waals surface area contributed by atoms with Crippen LogP contribution >= 0.6 is 12.4 Å². The molecule has 0 rings (SSSR count). The third-order valence-electron chi connectivity index (χ3n) is 2.29. The highest BCUT2D eigenvalue weighted by Gasteiger charge is 1.96. The fourth-order valence-electron chi connectivity index (χ4n) is 1.37. The highest BCUT2D eigenvalue weighted by atomic mass is 35.5. The third-order valence-corrected chi connectivity index (χ3v) is 2.29. The Morgan fingerprint density at radius 3 is 2.00 bits per heavy atom. The van der Waals surface area contributed by atoms with Crippen LogP contribution in [-0.2, 0) is 4.79 Å². The minimum Gasteiger partial charge on any atom is -0.359 e. The van der Waals surface area contributed by atoms with E-state index in [2.05, 4.69) is 12.2 Å². The topological polar surface area (TPSA) is 29.1 Å². The molecule has 0 aliphatic rings. The summed E-state index contributed by atoms with van der Waals surface area (Å²) in [5.74, 6) is 0.175. The average molecular weight is 222 g/mol. The standard InChI is InChI=1S/C11H23NO.ClH/c1-3-4-5-6-7-8-9-10-11(13)12-2;/h3-10H2,1-2H3,(H,12,13);1H. The van der Waals surface area contributed by atoms with Crippen LogP contribution in [0, 0.1) is 0 Å². The summed E-state index contributed by atoms with van der Waals surface area (Å²) < 4.78 is 0. The van der Waals surface area contributed by atoms with E-state index < -0.39 is 0 Å². The van der Waals surface area contributed by atoms with Crippen molar-refractivity contribution >= 4 is 18.3 Å². The minimum absolute atomic E-state index is 0. The lowest BCUT2D eigenvalue weighted by atomic mass is 10.1. The number of carbonyl (C=O) groups excluding carboxylic acids is 1. The average Bonchev–Trinajstić information content (AvgIpc) is 2.16. The van der Waals surface area contributed by atoms with E-state index in [1.165, 1.54) is 38.5 Å². The highest BCUT2D eigenvalue weighted by Crippen LogP contribution is 2.07. The number of rotatable bonds is 8. The monoisotopic (exact) mass is 221 g/mol. The summed E-state index contributed by atoms with van der Waals surface area (Å²) in [4.78, 5) is 10.8. The van der Waals surface area contributed by atoms with Crippen molar-refractivity contribution in [3.63, 3.8) is 0 Å².